The Morgan fingerprint density at radius 3 is 2.33 bits per heavy atom. The molecular weight excluding hydrogens is 297 g/mol. The quantitative estimate of drug-likeness (QED) is 0.920. The van der Waals surface area contributed by atoms with E-state index in [1.165, 1.54) is 23.5 Å². The highest BCUT2D eigenvalue weighted by Gasteiger charge is 2.51. The summed E-state index contributed by atoms with van der Waals surface area (Å²) in [6.07, 6.45) is 0. The first-order valence-electron chi connectivity index (χ1n) is 6.57. The van der Waals surface area contributed by atoms with Gasteiger partial charge in [-0.15, -0.1) is 0 Å². The molecule has 1 aliphatic heterocycles. The van der Waals surface area contributed by atoms with Crippen LogP contribution in [0.2, 0.25) is 0 Å². The lowest BCUT2D eigenvalue weighted by molar-refractivity contribution is -0.0100. The third-order valence-corrected chi connectivity index (χ3v) is 6.06. The van der Waals surface area contributed by atoms with Crippen LogP contribution in [0.5, 0.6) is 5.75 Å². The molecule has 7 heteroatoms. The average Bonchev–Trinajstić information content (AvgIpc) is 2.59. The largest absolute Gasteiger partial charge is 0.494 e. The van der Waals surface area contributed by atoms with Crippen LogP contribution in [0, 0.1) is 11.2 Å². The third kappa shape index (κ3) is 2.65. The summed E-state index contributed by atoms with van der Waals surface area (Å²) < 4.78 is 44.8. The molecule has 0 spiro atoms. The minimum atomic E-state index is -3.85. The second kappa shape index (κ2) is 4.93. The number of aliphatic hydroxyl groups is 1. The monoisotopic (exact) mass is 317 g/mol. The number of β-amino-alcohol motifs (C(OH)–C–C–N with tert-alkyl or cyclic N) is 1. The lowest BCUT2D eigenvalue weighted by Gasteiger charge is -2.31. The van der Waals surface area contributed by atoms with Crippen molar-refractivity contribution in [2.45, 2.75) is 31.3 Å². The van der Waals surface area contributed by atoms with Gasteiger partial charge in [0.1, 0.15) is 0 Å². The Hall–Kier alpha value is -1.18. The highest BCUT2D eigenvalue weighted by Crippen LogP contribution is 2.40. The van der Waals surface area contributed by atoms with E-state index in [-0.39, 0.29) is 23.7 Å². The summed E-state index contributed by atoms with van der Waals surface area (Å²) in [6.45, 7) is 5.37. The van der Waals surface area contributed by atoms with Crippen molar-refractivity contribution in [2.24, 2.45) is 5.41 Å². The fraction of sp³-hybridized carbons (Fsp3) is 0.571. The van der Waals surface area contributed by atoms with Crippen molar-refractivity contribution >= 4 is 10.0 Å². The van der Waals surface area contributed by atoms with Crippen LogP contribution in [0.4, 0.5) is 4.39 Å². The van der Waals surface area contributed by atoms with Crippen molar-refractivity contribution in [1.82, 2.24) is 4.31 Å². The van der Waals surface area contributed by atoms with E-state index in [1.807, 2.05) is 0 Å². The Labute approximate surface area is 124 Å². The molecule has 0 bridgehead atoms. The Bertz CT molecular complexity index is 639. The number of sulfonamides is 1. The van der Waals surface area contributed by atoms with Gasteiger partial charge in [-0.2, -0.15) is 4.31 Å². The summed E-state index contributed by atoms with van der Waals surface area (Å²) in [4.78, 5) is -0.144. The van der Waals surface area contributed by atoms with Crippen LogP contribution in [0.3, 0.4) is 0 Å². The molecule has 0 amide bonds. The van der Waals surface area contributed by atoms with Gasteiger partial charge in [0.15, 0.2) is 11.6 Å². The molecule has 1 aliphatic rings. The van der Waals surface area contributed by atoms with E-state index in [4.69, 9.17) is 4.74 Å². The number of methoxy groups -OCH3 is 1. The van der Waals surface area contributed by atoms with Crippen LogP contribution in [0.15, 0.2) is 23.1 Å². The summed E-state index contributed by atoms with van der Waals surface area (Å²) in [5.74, 6) is -0.744. The number of halogens is 1. The first kappa shape index (κ1) is 16.2. The zero-order valence-corrected chi connectivity index (χ0v) is 13.4. The number of hydrogen-bond donors (Lipinski definition) is 1. The van der Waals surface area contributed by atoms with Gasteiger partial charge < -0.3 is 9.84 Å². The lowest BCUT2D eigenvalue weighted by atomic mass is 9.79. The Morgan fingerprint density at radius 2 is 1.90 bits per heavy atom. The summed E-state index contributed by atoms with van der Waals surface area (Å²) >= 11 is 0. The average molecular weight is 317 g/mol. The second-order valence-electron chi connectivity index (χ2n) is 6.23. The van der Waals surface area contributed by atoms with Crippen molar-refractivity contribution in [1.29, 1.82) is 0 Å². The van der Waals surface area contributed by atoms with Crippen LogP contribution >= 0.6 is 0 Å². The van der Waals surface area contributed by atoms with Gasteiger partial charge in [0.05, 0.1) is 17.6 Å². The highest BCUT2D eigenvalue weighted by atomic mass is 32.2. The normalized spacial score (nSPS) is 26.0. The van der Waals surface area contributed by atoms with Crippen LogP contribution in [-0.4, -0.2) is 43.6 Å². The molecule has 1 saturated heterocycles. The molecule has 1 aromatic carbocycles. The SMILES string of the molecule is COc1ccc(S(=O)(=O)N2CC(C)(C)[C@@](C)(O)C2)cc1F. The topological polar surface area (TPSA) is 66.8 Å². The van der Waals surface area contributed by atoms with Crippen LogP contribution in [0.25, 0.3) is 0 Å². The summed E-state index contributed by atoms with van der Waals surface area (Å²) in [7, 11) is -2.54. The molecule has 1 fully saturated rings. The van der Waals surface area contributed by atoms with E-state index in [0.29, 0.717) is 0 Å². The fourth-order valence-electron chi connectivity index (χ4n) is 2.35. The number of nitrogens with zero attached hydrogens (tertiary/aromatic N) is 1. The molecule has 0 aliphatic carbocycles. The van der Waals surface area contributed by atoms with Crippen LogP contribution in [0.1, 0.15) is 20.8 Å². The zero-order valence-electron chi connectivity index (χ0n) is 12.6. The third-order valence-electron chi connectivity index (χ3n) is 4.27. The van der Waals surface area contributed by atoms with E-state index < -0.39 is 26.9 Å². The maximum Gasteiger partial charge on any atom is 0.243 e. The van der Waals surface area contributed by atoms with Gasteiger partial charge in [0, 0.05) is 18.5 Å². The number of ether oxygens (including phenoxy) is 1. The van der Waals surface area contributed by atoms with Gasteiger partial charge in [-0.3, -0.25) is 0 Å². The zero-order chi connectivity index (χ0) is 16.1. The molecule has 0 saturated carbocycles. The molecule has 1 N–H and O–H groups in total. The molecule has 5 nitrogen and oxygen atoms in total. The second-order valence-corrected chi connectivity index (χ2v) is 8.17. The maximum atomic E-state index is 13.7. The molecule has 1 heterocycles. The molecular formula is C14H20FNO4S. The molecule has 118 valence electrons. The van der Waals surface area contributed by atoms with E-state index in [9.17, 15) is 17.9 Å². The summed E-state index contributed by atoms with van der Waals surface area (Å²) in [5, 5.41) is 10.3. The van der Waals surface area contributed by atoms with E-state index in [2.05, 4.69) is 0 Å². The highest BCUT2D eigenvalue weighted by molar-refractivity contribution is 7.89. The smallest absolute Gasteiger partial charge is 0.243 e. The van der Waals surface area contributed by atoms with Crippen LogP contribution < -0.4 is 4.74 Å². The Morgan fingerprint density at radius 1 is 1.29 bits per heavy atom. The van der Waals surface area contributed by atoms with Crippen molar-refractivity contribution in [3.8, 4) is 5.75 Å². The van der Waals surface area contributed by atoms with Gasteiger partial charge in [-0.1, -0.05) is 13.8 Å². The van der Waals surface area contributed by atoms with Gasteiger partial charge in [-0.25, -0.2) is 12.8 Å². The molecule has 0 aromatic heterocycles. The van der Waals surface area contributed by atoms with E-state index in [1.54, 1.807) is 20.8 Å². The van der Waals surface area contributed by atoms with Gasteiger partial charge in [0.25, 0.3) is 0 Å². The van der Waals surface area contributed by atoms with Gasteiger partial charge in [-0.05, 0) is 25.1 Å². The summed E-state index contributed by atoms with van der Waals surface area (Å²) in [6, 6.07) is 3.52. The van der Waals surface area contributed by atoms with Crippen molar-refractivity contribution in [3.63, 3.8) is 0 Å². The number of rotatable bonds is 3. The van der Waals surface area contributed by atoms with Crippen molar-refractivity contribution < 1.29 is 22.7 Å². The Kier molecular flexibility index (Phi) is 3.80. The molecule has 1 aromatic rings. The lowest BCUT2D eigenvalue weighted by Crippen LogP contribution is -2.40. The molecule has 21 heavy (non-hydrogen) atoms. The van der Waals surface area contributed by atoms with Crippen molar-refractivity contribution in [3.05, 3.63) is 24.0 Å². The first-order chi connectivity index (χ1) is 9.51. The molecule has 2 rings (SSSR count). The predicted molar refractivity (Wildman–Crippen MR) is 76.1 cm³/mol. The predicted octanol–water partition coefficient (Wildman–Crippen LogP) is 1.62. The first-order valence-corrected chi connectivity index (χ1v) is 8.01. The van der Waals surface area contributed by atoms with Gasteiger partial charge >= 0.3 is 0 Å². The Balaban J connectivity index is 2.38. The van der Waals surface area contributed by atoms with Crippen LogP contribution in [-0.2, 0) is 10.0 Å². The minimum absolute atomic E-state index is 0.0114. The fourth-order valence-corrected chi connectivity index (χ4v) is 4.06. The molecule has 0 unspecified atom stereocenters. The number of benzene rings is 1. The number of hydrogen-bond acceptors (Lipinski definition) is 4. The minimum Gasteiger partial charge on any atom is -0.494 e. The van der Waals surface area contributed by atoms with Gasteiger partial charge in [0.2, 0.25) is 10.0 Å². The standard InChI is InChI=1S/C14H20FNO4S/c1-13(2)8-16(9-14(13,3)17)21(18,19)10-5-6-12(20-4)11(15)7-10/h5-7,17H,8-9H2,1-4H3/t14-/m0/s1. The van der Waals surface area contributed by atoms with Crippen molar-refractivity contribution in [2.75, 3.05) is 20.2 Å². The molecule has 1 atom stereocenters. The molecule has 0 radical (unpaired) electrons. The maximum absolute atomic E-state index is 13.7. The summed E-state index contributed by atoms with van der Waals surface area (Å²) in [5.41, 5.74) is -1.71. The van der Waals surface area contributed by atoms with E-state index in [0.717, 1.165) is 6.07 Å². The van der Waals surface area contributed by atoms with E-state index >= 15 is 0 Å².